The van der Waals surface area contributed by atoms with E-state index >= 15 is 0 Å². The molecule has 116 valence electrons. The third kappa shape index (κ3) is 2.92. The number of thiazole rings is 1. The summed E-state index contributed by atoms with van der Waals surface area (Å²) in [5, 5.41) is 5.41. The molecule has 1 aromatic heterocycles. The number of ether oxygens (including phenoxy) is 2. The first kappa shape index (κ1) is 14.8. The fourth-order valence-electron chi connectivity index (χ4n) is 2.35. The molecule has 0 aliphatic heterocycles. The van der Waals surface area contributed by atoms with Crippen LogP contribution in [0.15, 0.2) is 23.6 Å². The topological polar surface area (TPSA) is 60.5 Å². The number of hydrogen-bond acceptors (Lipinski definition) is 5. The summed E-state index contributed by atoms with van der Waals surface area (Å²) in [7, 11) is 3.24. The van der Waals surface area contributed by atoms with Crippen LogP contribution < -0.4 is 14.8 Å². The molecule has 6 heteroatoms. The number of hydrogen-bond donors (Lipinski definition) is 1. The van der Waals surface area contributed by atoms with Crippen LogP contribution in [-0.4, -0.2) is 25.1 Å². The van der Waals surface area contributed by atoms with Crippen LogP contribution in [0.1, 0.15) is 13.3 Å². The van der Waals surface area contributed by atoms with Gasteiger partial charge >= 0.3 is 0 Å². The lowest BCUT2D eigenvalue weighted by atomic mass is 10.1. The largest absolute Gasteiger partial charge is 0.497 e. The zero-order valence-electron chi connectivity index (χ0n) is 12.8. The standard InChI is InChI=1S/C16H18N2O3S/c1-9-6-11(9)15(19)18-16-17-13(8-22-16)12-7-10(20-2)4-5-14(12)21-3/h4-5,7-9,11H,6H2,1-3H3,(H,17,18,19). The number of nitrogens with zero attached hydrogens (tertiary/aromatic N) is 1. The van der Waals surface area contributed by atoms with Crippen molar-refractivity contribution < 1.29 is 14.3 Å². The normalized spacial score (nSPS) is 19.6. The minimum atomic E-state index is 0.0611. The molecule has 0 saturated heterocycles. The van der Waals surface area contributed by atoms with Gasteiger partial charge in [0.1, 0.15) is 11.5 Å². The molecule has 0 spiro atoms. The summed E-state index contributed by atoms with van der Waals surface area (Å²) in [6.45, 7) is 2.08. The molecular formula is C16H18N2O3S. The molecule has 0 bridgehead atoms. The number of anilines is 1. The van der Waals surface area contributed by atoms with E-state index in [-0.39, 0.29) is 11.8 Å². The molecule has 1 aliphatic carbocycles. The minimum absolute atomic E-state index is 0.0611. The number of nitrogens with one attached hydrogen (secondary N) is 1. The molecule has 22 heavy (non-hydrogen) atoms. The molecule has 1 saturated carbocycles. The third-order valence-electron chi connectivity index (χ3n) is 3.86. The molecule has 1 fully saturated rings. The Kier molecular flexibility index (Phi) is 4.02. The Morgan fingerprint density at radius 1 is 1.36 bits per heavy atom. The zero-order chi connectivity index (χ0) is 15.7. The van der Waals surface area contributed by atoms with Crippen molar-refractivity contribution in [3.63, 3.8) is 0 Å². The molecule has 3 rings (SSSR count). The monoisotopic (exact) mass is 318 g/mol. The lowest BCUT2D eigenvalue weighted by Gasteiger charge is -2.08. The van der Waals surface area contributed by atoms with Gasteiger partial charge in [0.2, 0.25) is 5.91 Å². The molecule has 5 nitrogen and oxygen atoms in total. The maximum atomic E-state index is 12.0. The first-order chi connectivity index (χ1) is 10.6. The molecule has 1 N–H and O–H groups in total. The van der Waals surface area contributed by atoms with Gasteiger partial charge in [0, 0.05) is 16.9 Å². The second kappa shape index (κ2) is 5.96. The second-order valence-corrected chi connectivity index (χ2v) is 6.27. The van der Waals surface area contributed by atoms with E-state index in [0.717, 1.165) is 29.2 Å². The van der Waals surface area contributed by atoms with Crippen LogP contribution in [0.25, 0.3) is 11.3 Å². The molecule has 1 heterocycles. The van der Waals surface area contributed by atoms with Crippen molar-refractivity contribution in [2.75, 3.05) is 19.5 Å². The van der Waals surface area contributed by atoms with Crippen molar-refractivity contribution in [1.29, 1.82) is 0 Å². The van der Waals surface area contributed by atoms with E-state index < -0.39 is 0 Å². The average Bonchev–Trinajstić information content (AvgIpc) is 3.09. The minimum Gasteiger partial charge on any atom is -0.497 e. The van der Waals surface area contributed by atoms with E-state index in [1.807, 2.05) is 23.6 Å². The quantitative estimate of drug-likeness (QED) is 0.917. The predicted molar refractivity (Wildman–Crippen MR) is 86.6 cm³/mol. The number of rotatable bonds is 5. The highest BCUT2D eigenvalue weighted by Gasteiger charge is 2.39. The van der Waals surface area contributed by atoms with Gasteiger partial charge in [-0.3, -0.25) is 4.79 Å². The van der Waals surface area contributed by atoms with Crippen LogP contribution in [0.4, 0.5) is 5.13 Å². The highest BCUT2D eigenvalue weighted by Crippen LogP contribution is 2.39. The number of carbonyl (C=O) groups is 1. The van der Waals surface area contributed by atoms with Gasteiger partial charge in [0.25, 0.3) is 0 Å². The lowest BCUT2D eigenvalue weighted by Crippen LogP contribution is -2.14. The Balaban J connectivity index is 1.82. The Morgan fingerprint density at radius 3 is 2.77 bits per heavy atom. The maximum absolute atomic E-state index is 12.0. The van der Waals surface area contributed by atoms with E-state index in [9.17, 15) is 4.79 Å². The fraction of sp³-hybridized carbons (Fsp3) is 0.375. The van der Waals surface area contributed by atoms with Gasteiger partial charge in [0.15, 0.2) is 5.13 Å². The molecule has 0 radical (unpaired) electrons. The van der Waals surface area contributed by atoms with Crippen LogP contribution in [-0.2, 0) is 4.79 Å². The summed E-state index contributed by atoms with van der Waals surface area (Å²) < 4.78 is 10.6. The summed E-state index contributed by atoms with van der Waals surface area (Å²) in [6.07, 6.45) is 0.966. The highest BCUT2D eigenvalue weighted by atomic mass is 32.1. The van der Waals surface area contributed by atoms with Gasteiger partial charge in [-0.25, -0.2) is 4.98 Å². The molecule has 1 aromatic carbocycles. The Morgan fingerprint density at radius 2 is 2.14 bits per heavy atom. The summed E-state index contributed by atoms with van der Waals surface area (Å²) in [5.41, 5.74) is 1.61. The van der Waals surface area contributed by atoms with E-state index in [1.165, 1.54) is 11.3 Å². The van der Waals surface area contributed by atoms with Crippen molar-refractivity contribution >= 4 is 22.4 Å². The number of methoxy groups -OCH3 is 2. The van der Waals surface area contributed by atoms with Gasteiger partial charge in [-0.05, 0) is 30.5 Å². The number of amides is 1. The number of carbonyl (C=O) groups excluding carboxylic acids is 1. The average molecular weight is 318 g/mol. The molecular weight excluding hydrogens is 300 g/mol. The van der Waals surface area contributed by atoms with Gasteiger partial charge in [-0.15, -0.1) is 11.3 Å². The molecule has 2 aromatic rings. The SMILES string of the molecule is COc1ccc(OC)c(-c2csc(NC(=O)C3CC3C)n2)c1. The molecule has 2 atom stereocenters. The second-order valence-electron chi connectivity index (χ2n) is 5.41. The third-order valence-corrected chi connectivity index (χ3v) is 4.62. The van der Waals surface area contributed by atoms with E-state index in [0.29, 0.717) is 11.0 Å². The summed E-state index contributed by atoms with van der Waals surface area (Å²) >= 11 is 1.41. The van der Waals surface area contributed by atoms with E-state index in [4.69, 9.17) is 9.47 Å². The maximum Gasteiger partial charge on any atom is 0.229 e. The van der Waals surface area contributed by atoms with Crippen molar-refractivity contribution in [2.45, 2.75) is 13.3 Å². The Hall–Kier alpha value is -2.08. The molecule has 1 amide bonds. The van der Waals surface area contributed by atoms with Crippen molar-refractivity contribution in [3.8, 4) is 22.8 Å². The van der Waals surface area contributed by atoms with Crippen molar-refractivity contribution in [2.24, 2.45) is 11.8 Å². The Bertz CT molecular complexity index is 698. The van der Waals surface area contributed by atoms with Crippen LogP contribution in [0.3, 0.4) is 0 Å². The van der Waals surface area contributed by atoms with Crippen LogP contribution in [0.2, 0.25) is 0 Å². The van der Waals surface area contributed by atoms with Crippen LogP contribution >= 0.6 is 11.3 Å². The van der Waals surface area contributed by atoms with E-state index in [1.54, 1.807) is 14.2 Å². The first-order valence-electron chi connectivity index (χ1n) is 7.11. The highest BCUT2D eigenvalue weighted by molar-refractivity contribution is 7.14. The number of benzene rings is 1. The van der Waals surface area contributed by atoms with Crippen LogP contribution in [0.5, 0.6) is 11.5 Å². The van der Waals surface area contributed by atoms with Gasteiger partial charge < -0.3 is 14.8 Å². The Labute approximate surface area is 133 Å². The molecule has 1 aliphatic rings. The first-order valence-corrected chi connectivity index (χ1v) is 7.99. The number of aromatic nitrogens is 1. The van der Waals surface area contributed by atoms with Gasteiger partial charge in [-0.1, -0.05) is 6.92 Å². The van der Waals surface area contributed by atoms with Crippen molar-refractivity contribution in [1.82, 2.24) is 4.98 Å². The van der Waals surface area contributed by atoms with E-state index in [2.05, 4.69) is 17.2 Å². The van der Waals surface area contributed by atoms with Crippen molar-refractivity contribution in [3.05, 3.63) is 23.6 Å². The molecule has 2 unspecified atom stereocenters. The smallest absolute Gasteiger partial charge is 0.229 e. The summed E-state index contributed by atoms with van der Waals surface area (Å²) in [5.74, 6) is 2.14. The van der Waals surface area contributed by atoms with Gasteiger partial charge in [-0.2, -0.15) is 0 Å². The summed E-state index contributed by atoms with van der Waals surface area (Å²) in [6, 6.07) is 5.56. The zero-order valence-corrected chi connectivity index (χ0v) is 13.6. The van der Waals surface area contributed by atoms with Gasteiger partial charge in [0.05, 0.1) is 19.9 Å². The predicted octanol–water partition coefficient (Wildman–Crippen LogP) is 3.42. The summed E-state index contributed by atoms with van der Waals surface area (Å²) in [4.78, 5) is 16.5. The lowest BCUT2D eigenvalue weighted by molar-refractivity contribution is -0.117. The fourth-order valence-corrected chi connectivity index (χ4v) is 3.07. The van der Waals surface area contributed by atoms with Crippen LogP contribution in [0, 0.1) is 11.8 Å².